The van der Waals surface area contributed by atoms with Gasteiger partial charge in [0.1, 0.15) is 12.0 Å². The second-order valence-electron chi connectivity index (χ2n) is 5.37. The fourth-order valence-corrected chi connectivity index (χ4v) is 2.63. The Morgan fingerprint density at radius 3 is 2.71 bits per heavy atom. The van der Waals surface area contributed by atoms with Gasteiger partial charge in [0.2, 0.25) is 11.8 Å². The van der Waals surface area contributed by atoms with E-state index >= 15 is 0 Å². The van der Waals surface area contributed by atoms with Crippen molar-refractivity contribution in [2.75, 3.05) is 14.2 Å². The molecule has 1 saturated carbocycles. The topological polar surface area (TPSA) is 102 Å². The van der Waals surface area contributed by atoms with E-state index in [1.54, 1.807) is 29.4 Å². The van der Waals surface area contributed by atoms with Crippen molar-refractivity contribution in [2.24, 2.45) is 0 Å². The molecule has 1 aliphatic rings. The Hall–Kier alpha value is -2.48. The zero-order valence-corrected chi connectivity index (χ0v) is 14.0. The van der Waals surface area contributed by atoms with Crippen molar-refractivity contribution >= 4 is 5.91 Å². The lowest BCUT2D eigenvalue weighted by atomic mass is 9.95. The predicted molar refractivity (Wildman–Crippen MR) is 90.3 cm³/mol. The van der Waals surface area contributed by atoms with E-state index in [0.717, 1.165) is 20.0 Å². The van der Waals surface area contributed by atoms with E-state index in [-0.39, 0.29) is 13.4 Å². The van der Waals surface area contributed by atoms with Gasteiger partial charge in [-0.1, -0.05) is 19.3 Å². The Bertz CT molecular complexity index is 645. The number of methoxy groups -OCH3 is 1. The van der Waals surface area contributed by atoms with Crippen molar-refractivity contribution in [2.45, 2.75) is 38.1 Å². The van der Waals surface area contributed by atoms with Crippen LogP contribution in [0.1, 0.15) is 44.0 Å². The van der Waals surface area contributed by atoms with Crippen LogP contribution in [-0.2, 0) is 0 Å². The molecular weight excluding hydrogens is 310 g/mol. The third-order valence-corrected chi connectivity index (χ3v) is 3.81. The molecule has 0 radical (unpaired) electrons. The van der Waals surface area contributed by atoms with Crippen LogP contribution in [0.4, 0.5) is 0 Å². The number of hydrogen-bond donors (Lipinski definition) is 2. The molecule has 1 amide bonds. The molecule has 8 heteroatoms. The summed E-state index contributed by atoms with van der Waals surface area (Å²) in [6.07, 6.45) is 10.6. The summed E-state index contributed by atoms with van der Waals surface area (Å²) in [4.78, 5) is 24.9. The molecule has 0 bridgehead atoms. The Labute approximate surface area is 142 Å². The van der Waals surface area contributed by atoms with E-state index in [1.807, 2.05) is 0 Å². The van der Waals surface area contributed by atoms with E-state index < -0.39 is 0 Å². The molecule has 2 aromatic heterocycles. The zero-order valence-electron chi connectivity index (χ0n) is 14.0. The molecule has 1 aliphatic carbocycles. The van der Waals surface area contributed by atoms with Gasteiger partial charge in [-0.3, -0.25) is 9.36 Å². The quantitative estimate of drug-likeness (QED) is 0.879. The smallest absolute Gasteiger partial charge is 0.270 e. The van der Waals surface area contributed by atoms with Crippen molar-refractivity contribution in [1.29, 1.82) is 0 Å². The molecule has 0 atom stereocenters. The summed E-state index contributed by atoms with van der Waals surface area (Å²) < 4.78 is 6.81. The maximum absolute atomic E-state index is 12.4. The molecule has 2 heterocycles. The van der Waals surface area contributed by atoms with E-state index in [4.69, 9.17) is 9.84 Å². The molecule has 0 spiro atoms. The number of hydrogen-bond acceptors (Lipinski definition) is 6. The van der Waals surface area contributed by atoms with Gasteiger partial charge in [-0.15, -0.1) is 0 Å². The summed E-state index contributed by atoms with van der Waals surface area (Å²) >= 11 is 0. The minimum atomic E-state index is -0.186. The lowest BCUT2D eigenvalue weighted by molar-refractivity contribution is 0.0922. The lowest BCUT2D eigenvalue weighted by Crippen LogP contribution is -2.36. The number of aliphatic hydroxyl groups is 1. The number of amides is 1. The molecule has 3 rings (SSSR count). The fraction of sp³-hybridized carbons (Fsp3) is 0.500. The summed E-state index contributed by atoms with van der Waals surface area (Å²) in [5.41, 5.74) is 0.307. The minimum Gasteiger partial charge on any atom is -0.481 e. The summed E-state index contributed by atoms with van der Waals surface area (Å²) in [5.74, 6) is 0.534. The van der Waals surface area contributed by atoms with Gasteiger partial charge in [0.25, 0.3) is 5.91 Å². The highest BCUT2D eigenvalue weighted by molar-refractivity contribution is 5.92. The van der Waals surface area contributed by atoms with Crippen LogP contribution >= 0.6 is 0 Å². The number of nitrogens with one attached hydrogen (secondary N) is 1. The molecular formula is C16H25N5O3. The Morgan fingerprint density at radius 1 is 1.33 bits per heavy atom. The van der Waals surface area contributed by atoms with Gasteiger partial charge < -0.3 is 15.2 Å². The van der Waals surface area contributed by atoms with Crippen molar-refractivity contribution < 1.29 is 16.1 Å². The van der Waals surface area contributed by atoms with Crippen molar-refractivity contribution in [3.8, 4) is 11.8 Å². The molecule has 24 heavy (non-hydrogen) atoms. The first kappa shape index (κ1) is 17.9. The molecule has 1 fully saturated rings. The van der Waals surface area contributed by atoms with E-state index in [2.05, 4.69) is 20.3 Å². The van der Waals surface area contributed by atoms with Crippen LogP contribution in [0.15, 0.2) is 24.8 Å². The maximum Gasteiger partial charge on any atom is 0.270 e. The standard InChI is InChI=1S/C15H19N5O2.CH4O.H2/c1-22-13-9-12(14(21)17-11-5-3-2-4-6-11)18-15(19-13)20-8-7-16-10-20;1-2;/h7-11H,2-6H2,1H3,(H,17,21);2H,1H3;1H. The van der Waals surface area contributed by atoms with Crippen LogP contribution in [0.25, 0.3) is 5.95 Å². The second-order valence-corrected chi connectivity index (χ2v) is 5.37. The van der Waals surface area contributed by atoms with Gasteiger partial charge in [0.15, 0.2) is 0 Å². The van der Waals surface area contributed by atoms with Crippen LogP contribution in [0.5, 0.6) is 5.88 Å². The predicted octanol–water partition coefficient (Wildman–Crippen LogP) is 1.59. The van der Waals surface area contributed by atoms with E-state index in [9.17, 15) is 4.79 Å². The number of nitrogens with zero attached hydrogens (tertiary/aromatic N) is 4. The highest BCUT2D eigenvalue weighted by atomic mass is 16.5. The number of aromatic nitrogens is 4. The highest BCUT2D eigenvalue weighted by Crippen LogP contribution is 2.18. The Morgan fingerprint density at radius 2 is 2.08 bits per heavy atom. The van der Waals surface area contributed by atoms with Crippen molar-refractivity contribution in [3.63, 3.8) is 0 Å². The minimum absolute atomic E-state index is 0. The lowest BCUT2D eigenvalue weighted by Gasteiger charge is -2.22. The zero-order chi connectivity index (χ0) is 17.4. The first-order chi connectivity index (χ1) is 11.8. The van der Waals surface area contributed by atoms with Crippen LogP contribution in [0.3, 0.4) is 0 Å². The third-order valence-electron chi connectivity index (χ3n) is 3.81. The van der Waals surface area contributed by atoms with Gasteiger partial charge in [-0.25, -0.2) is 9.97 Å². The second kappa shape index (κ2) is 8.97. The summed E-state index contributed by atoms with van der Waals surface area (Å²) in [5, 5.41) is 10.0. The molecule has 2 N–H and O–H groups in total. The number of aliphatic hydroxyl groups excluding tert-OH is 1. The molecule has 0 unspecified atom stereocenters. The van der Waals surface area contributed by atoms with Gasteiger partial charge >= 0.3 is 0 Å². The molecule has 8 nitrogen and oxygen atoms in total. The number of carbonyl (C=O) groups is 1. The molecule has 0 aromatic carbocycles. The monoisotopic (exact) mass is 335 g/mol. The summed E-state index contributed by atoms with van der Waals surface area (Å²) in [6, 6.07) is 1.79. The van der Waals surface area contributed by atoms with Crippen LogP contribution in [0.2, 0.25) is 0 Å². The van der Waals surface area contributed by atoms with E-state index in [0.29, 0.717) is 17.5 Å². The normalized spacial score (nSPS) is 14.5. The molecule has 0 aliphatic heterocycles. The third kappa shape index (κ3) is 4.51. The van der Waals surface area contributed by atoms with Crippen LogP contribution in [0, 0.1) is 0 Å². The first-order valence-electron chi connectivity index (χ1n) is 7.93. The Balaban J connectivity index is 0.00000101. The molecule has 2 aromatic rings. The maximum atomic E-state index is 12.4. The summed E-state index contributed by atoms with van der Waals surface area (Å²) in [6.45, 7) is 0. The number of rotatable bonds is 4. The van der Waals surface area contributed by atoms with Gasteiger partial charge in [-0.05, 0) is 12.8 Å². The summed E-state index contributed by atoms with van der Waals surface area (Å²) in [7, 11) is 2.52. The van der Waals surface area contributed by atoms with Gasteiger partial charge in [-0.2, -0.15) is 4.98 Å². The number of imidazole rings is 1. The molecule has 132 valence electrons. The van der Waals surface area contributed by atoms with Crippen molar-refractivity contribution in [3.05, 3.63) is 30.5 Å². The average molecular weight is 335 g/mol. The first-order valence-corrected chi connectivity index (χ1v) is 7.93. The number of carbonyl (C=O) groups excluding carboxylic acids is 1. The average Bonchev–Trinajstić information content (AvgIpc) is 3.18. The number of ether oxygens (including phenoxy) is 1. The van der Waals surface area contributed by atoms with Gasteiger partial charge in [0.05, 0.1) is 7.11 Å². The highest BCUT2D eigenvalue weighted by Gasteiger charge is 2.19. The fourth-order valence-electron chi connectivity index (χ4n) is 2.63. The van der Waals surface area contributed by atoms with Crippen molar-refractivity contribution in [1.82, 2.24) is 24.8 Å². The van der Waals surface area contributed by atoms with E-state index in [1.165, 1.54) is 26.4 Å². The van der Waals surface area contributed by atoms with Gasteiger partial charge in [0, 0.05) is 33.0 Å². The molecule has 0 saturated heterocycles. The van der Waals surface area contributed by atoms with Crippen LogP contribution in [-0.4, -0.2) is 50.8 Å². The largest absolute Gasteiger partial charge is 0.481 e. The van der Waals surface area contributed by atoms with Crippen LogP contribution < -0.4 is 10.1 Å². The SMILES string of the molecule is CO.COc1cc(C(=O)NC2CCCCC2)nc(-n2ccnc2)n1.[HH]. The Kier molecular flexibility index (Phi) is 6.68.